The molecule has 1 unspecified atom stereocenters. The molecule has 1 atom stereocenters. The minimum atomic E-state index is 0.554. The maximum Gasteiger partial charge on any atom is 0.182 e. The maximum absolute atomic E-state index is 4.18. The van der Waals surface area contributed by atoms with E-state index < -0.39 is 0 Å². The minimum Gasteiger partial charge on any atom is -0.367 e. The van der Waals surface area contributed by atoms with Crippen molar-refractivity contribution in [2.75, 3.05) is 18.1 Å². The maximum atomic E-state index is 4.18. The van der Waals surface area contributed by atoms with Crippen molar-refractivity contribution in [1.29, 1.82) is 0 Å². The van der Waals surface area contributed by atoms with E-state index in [1.165, 1.54) is 6.33 Å². The van der Waals surface area contributed by atoms with Gasteiger partial charge in [-0.15, -0.1) is 0 Å². The Morgan fingerprint density at radius 2 is 2.33 bits per heavy atom. The van der Waals surface area contributed by atoms with Gasteiger partial charge in [0.2, 0.25) is 0 Å². The number of nitrogens with one attached hydrogen (secondary N) is 2. The predicted molar refractivity (Wildman–Crippen MR) is 63.2 cm³/mol. The minimum absolute atomic E-state index is 0.554. The van der Waals surface area contributed by atoms with Crippen LogP contribution in [0.25, 0.3) is 11.2 Å². The van der Waals surface area contributed by atoms with Gasteiger partial charge < -0.3 is 10.3 Å². The van der Waals surface area contributed by atoms with E-state index in [1.807, 2.05) is 11.8 Å². The molecule has 0 saturated carbocycles. The lowest BCUT2D eigenvalue weighted by Gasteiger charge is -2.10. The van der Waals surface area contributed by atoms with Crippen LogP contribution in [0.2, 0.25) is 0 Å². The van der Waals surface area contributed by atoms with E-state index in [4.69, 9.17) is 0 Å². The molecule has 2 aromatic rings. The summed E-state index contributed by atoms with van der Waals surface area (Å²) in [6.45, 7) is 3.05. The van der Waals surface area contributed by atoms with E-state index in [0.717, 1.165) is 17.9 Å². The Kier molecular flexibility index (Phi) is 3.05. The number of imidazole rings is 1. The van der Waals surface area contributed by atoms with Crippen molar-refractivity contribution in [3.05, 3.63) is 12.7 Å². The molecule has 0 bridgehead atoms. The third kappa shape index (κ3) is 2.20. The number of rotatable bonds is 4. The van der Waals surface area contributed by atoms with Crippen molar-refractivity contribution in [1.82, 2.24) is 19.9 Å². The van der Waals surface area contributed by atoms with E-state index in [0.29, 0.717) is 10.9 Å². The largest absolute Gasteiger partial charge is 0.367 e. The number of nitrogens with zero attached hydrogens (tertiary/aromatic N) is 3. The molecule has 0 aliphatic carbocycles. The number of aromatic nitrogens is 4. The molecular weight excluding hydrogens is 210 g/mol. The Morgan fingerprint density at radius 1 is 1.47 bits per heavy atom. The van der Waals surface area contributed by atoms with E-state index in [2.05, 4.69) is 38.4 Å². The highest BCUT2D eigenvalue weighted by Crippen LogP contribution is 2.15. The number of hydrogen-bond acceptors (Lipinski definition) is 5. The van der Waals surface area contributed by atoms with Crippen LogP contribution in [0.1, 0.15) is 6.92 Å². The van der Waals surface area contributed by atoms with Crippen LogP contribution in [0.15, 0.2) is 12.7 Å². The highest BCUT2D eigenvalue weighted by Gasteiger charge is 2.06. The van der Waals surface area contributed by atoms with Crippen molar-refractivity contribution >= 4 is 28.7 Å². The van der Waals surface area contributed by atoms with Crippen LogP contribution in [0.5, 0.6) is 0 Å². The highest BCUT2D eigenvalue weighted by atomic mass is 32.2. The topological polar surface area (TPSA) is 66.5 Å². The first-order valence-electron chi connectivity index (χ1n) is 4.72. The smallest absolute Gasteiger partial charge is 0.182 e. The van der Waals surface area contributed by atoms with Gasteiger partial charge in [0.25, 0.3) is 0 Å². The zero-order chi connectivity index (χ0) is 10.7. The number of H-pyrrole nitrogens is 1. The van der Waals surface area contributed by atoms with Gasteiger partial charge in [-0.25, -0.2) is 15.0 Å². The summed E-state index contributed by atoms with van der Waals surface area (Å²) in [6.07, 6.45) is 5.25. The van der Waals surface area contributed by atoms with Gasteiger partial charge in [0.15, 0.2) is 11.5 Å². The van der Waals surface area contributed by atoms with Crippen LogP contribution < -0.4 is 5.32 Å². The van der Waals surface area contributed by atoms with Crippen molar-refractivity contribution in [2.45, 2.75) is 12.2 Å². The molecule has 2 N–H and O–H groups in total. The first-order valence-corrected chi connectivity index (χ1v) is 6.01. The van der Waals surface area contributed by atoms with Gasteiger partial charge in [0, 0.05) is 11.8 Å². The average molecular weight is 223 g/mol. The van der Waals surface area contributed by atoms with Crippen molar-refractivity contribution < 1.29 is 0 Å². The molecule has 0 saturated heterocycles. The zero-order valence-corrected chi connectivity index (χ0v) is 9.51. The van der Waals surface area contributed by atoms with Gasteiger partial charge in [-0.1, -0.05) is 6.92 Å². The molecule has 2 aromatic heterocycles. The van der Waals surface area contributed by atoms with Crippen molar-refractivity contribution in [2.24, 2.45) is 0 Å². The van der Waals surface area contributed by atoms with Crippen molar-refractivity contribution in [3.63, 3.8) is 0 Å². The summed E-state index contributed by atoms with van der Waals surface area (Å²) in [6, 6.07) is 0. The average Bonchev–Trinajstić information content (AvgIpc) is 2.74. The third-order valence-electron chi connectivity index (χ3n) is 2.18. The number of thioether (sulfide) groups is 1. The zero-order valence-electron chi connectivity index (χ0n) is 8.69. The SMILES string of the molecule is CSC(C)CNc1ncnc2nc[nH]c12. The lowest BCUT2D eigenvalue weighted by molar-refractivity contribution is 0.990. The van der Waals surface area contributed by atoms with Crippen molar-refractivity contribution in [3.8, 4) is 0 Å². The number of aromatic amines is 1. The molecule has 0 radical (unpaired) electrons. The molecule has 0 aromatic carbocycles. The summed E-state index contributed by atoms with van der Waals surface area (Å²) < 4.78 is 0. The van der Waals surface area contributed by atoms with Gasteiger partial charge in [-0.05, 0) is 6.26 Å². The Balaban J connectivity index is 2.17. The monoisotopic (exact) mass is 223 g/mol. The summed E-state index contributed by atoms with van der Waals surface area (Å²) in [7, 11) is 0. The Morgan fingerprint density at radius 3 is 3.13 bits per heavy atom. The van der Waals surface area contributed by atoms with Gasteiger partial charge in [0.05, 0.1) is 6.33 Å². The standard InChI is InChI=1S/C9H13N5S/c1-6(15-2)3-10-8-7-9(12-4-11-7)14-5-13-8/h4-6H,3H2,1-2H3,(H2,10,11,12,13,14). The highest BCUT2D eigenvalue weighted by molar-refractivity contribution is 7.99. The third-order valence-corrected chi connectivity index (χ3v) is 3.15. The molecule has 5 nitrogen and oxygen atoms in total. The van der Waals surface area contributed by atoms with Crippen LogP contribution in [0.3, 0.4) is 0 Å². The first kappa shape index (κ1) is 10.2. The fourth-order valence-electron chi connectivity index (χ4n) is 1.22. The van der Waals surface area contributed by atoms with Gasteiger partial charge in [-0.2, -0.15) is 11.8 Å². The molecule has 2 rings (SSSR count). The van der Waals surface area contributed by atoms with Gasteiger partial charge in [0.1, 0.15) is 11.8 Å². The van der Waals surface area contributed by atoms with Crippen LogP contribution in [-0.4, -0.2) is 38.0 Å². The molecule has 0 amide bonds. The van der Waals surface area contributed by atoms with E-state index >= 15 is 0 Å². The molecule has 6 heteroatoms. The number of anilines is 1. The summed E-state index contributed by atoms with van der Waals surface area (Å²) in [4.78, 5) is 15.3. The normalized spacial score (nSPS) is 12.9. The van der Waals surface area contributed by atoms with Gasteiger partial charge in [-0.3, -0.25) is 0 Å². The second kappa shape index (κ2) is 4.48. The first-order chi connectivity index (χ1) is 7.31. The summed E-state index contributed by atoms with van der Waals surface area (Å²) in [5.41, 5.74) is 1.56. The number of hydrogen-bond donors (Lipinski definition) is 2. The number of fused-ring (bicyclic) bond motifs is 1. The van der Waals surface area contributed by atoms with Crippen LogP contribution in [-0.2, 0) is 0 Å². The van der Waals surface area contributed by atoms with Crippen LogP contribution >= 0.6 is 11.8 Å². The lowest BCUT2D eigenvalue weighted by atomic mass is 10.4. The fourth-order valence-corrected chi connectivity index (χ4v) is 1.47. The Bertz CT molecular complexity index is 441. The summed E-state index contributed by atoms with van der Waals surface area (Å²) in [5, 5.41) is 3.83. The predicted octanol–water partition coefficient (Wildman–Crippen LogP) is 1.52. The second-order valence-corrected chi connectivity index (χ2v) is 4.53. The Labute approximate surface area is 92.1 Å². The van der Waals surface area contributed by atoms with Crippen LogP contribution in [0, 0.1) is 0 Å². The molecule has 80 valence electrons. The summed E-state index contributed by atoms with van der Waals surface area (Å²) in [5.74, 6) is 0.818. The molecule has 15 heavy (non-hydrogen) atoms. The lowest BCUT2D eigenvalue weighted by Crippen LogP contribution is -2.13. The fraction of sp³-hybridized carbons (Fsp3) is 0.444. The van der Waals surface area contributed by atoms with Gasteiger partial charge >= 0.3 is 0 Å². The molecule has 0 fully saturated rings. The van der Waals surface area contributed by atoms with E-state index in [1.54, 1.807) is 6.33 Å². The van der Waals surface area contributed by atoms with E-state index in [9.17, 15) is 0 Å². The molecule has 0 aliphatic rings. The molecule has 0 aliphatic heterocycles. The summed E-state index contributed by atoms with van der Waals surface area (Å²) >= 11 is 1.82. The van der Waals surface area contributed by atoms with Crippen LogP contribution in [0.4, 0.5) is 5.82 Å². The second-order valence-electron chi connectivity index (χ2n) is 3.25. The molecule has 0 spiro atoms. The Hall–Kier alpha value is -1.30. The molecule has 2 heterocycles. The molecular formula is C9H13N5S. The quantitative estimate of drug-likeness (QED) is 0.822. The van der Waals surface area contributed by atoms with E-state index in [-0.39, 0.29) is 0 Å².